The van der Waals surface area contributed by atoms with Crippen LogP contribution in [0.1, 0.15) is 13.8 Å². The van der Waals surface area contributed by atoms with Crippen LogP contribution in [0, 0.1) is 11.3 Å². The number of carbonyl (C=O) groups excluding carboxylic acids is 1. The van der Waals surface area contributed by atoms with Crippen LogP contribution in [0.5, 0.6) is 17.4 Å². The van der Waals surface area contributed by atoms with E-state index in [-0.39, 0.29) is 27.6 Å². The Morgan fingerprint density at radius 3 is 2.43 bits per heavy atom. The van der Waals surface area contributed by atoms with Crippen LogP contribution in [-0.4, -0.2) is 33.9 Å². The Hall–Kier alpha value is -3.55. The summed E-state index contributed by atoms with van der Waals surface area (Å²) in [4.78, 5) is 26.1. The number of nitrogens with zero attached hydrogens (tertiary/aromatic N) is 3. The molecule has 2 aromatic rings. The zero-order valence-corrected chi connectivity index (χ0v) is 17.2. The summed E-state index contributed by atoms with van der Waals surface area (Å²) >= 11 is 12.4. The molecule has 12 heteroatoms. The lowest BCUT2D eigenvalue weighted by Crippen LogP contribution is -2.34. The van der Waals surface area contributed by atoms with Crippen LogP contribution in [0.2, 0.25) is 10.0 Å². The van der Waals surface area contributed by atoms with Gasteiger partial charge in [-0.1, -0.05) is 23.2 Å². The summed E-state index contributed by atoms with van der Waals surface area (Å²) < 4.78 is 11.1. The number of anilines is 1. The second kappa shape index (κ2) is 10.3. The molecule has 1 aromatic heterocycles. The van der Waals surface area contributed by atoms with Crippen molar-refractivity contribution in [3.8, 4) is 23.4 Å². The van der Waals surface area contributed by atoms with Gasteiger partial charge < -0.3 is 14.6 Å². The number of carbonyl (C=O) groups is 2. The molecule has 0 saturated heterocycles. The first-order valence-electron chi connectivity index (χ1n) is 8.27. The largest absolute Gasteiger partial charge is 0.475 e. The van der Waals surface area contributed by atoms with Crippen molar-refractivity contribution >= 4 is 46.6 Å². The lowest BCUT2D eigenvalue weighted by Gasteiger charge is -2.12. The van der Waals surface area contributed by atoms with Crippen molar-refractivity contribution in [2.75, 3.05) is 5.43 Å². The minimum Gasteiger partial charge on any atom is -0.475 e. The topological polar surface area (TPSA) is 146 Å². The van der Waals surface area contributed by atoms with Crippen molar-refractivity contribution in [1.29, 1.82) is 5.26 Å². The Labute approximate surface area is 181 Å². The molecule has 1 heterocycles. The van der Waals surface area contributed by atoms with E-state index in [0.717, 1.165) is 0 Å². The lowest BCUT2D eigenvalue weighted by molar-refractivity contribution is -0.114. The fourth-order valence-electron chi connectivity index (χ4n) is 1.98. The maximum Gasteiger partial charge on any atom is 0.411 e. The molecule has 0 fully saturated rings. The molecule has 3 N–H and O–H groups in total. The Bertz CT molecular complexity index is 996. The molecule has 0 radical (unpaired) electrons. The van der Waals surface area contributed by atoms with Crippen molar-refractivity contribution < 1.29 is 24.2 Å². The van der Waals surface area contributed by atoms with Crippen LogP contribution in [0.3, 0.4) is 0 Å². The van der Waals surface area contributed by atoms with E-state index in [0.29, 0.717) is 11.6 Å². The summed E-state index contributed by atoms with van der Waals surface area (Å²) in [5.74, 6) is -0.235. The highest BCUT2D eigenvalue weighted by Gasteiger charge is 2.15. The molecule has 0 aliphatic heterocycles. The monoisotopic (exact) mass is 451 g/mol. The highest BCUT2D eigenvalue weighted by Crippen LogP contribution is 2.38. The summed E-state index contributed by atoms with van der Waals surface area (Å²) in [7, 11) is 0. The van der Waals surface area contributed by atoms with Gasteiger partial charge in [0, 0.05) is 6.07 Å². The molecule has 0 unspecified atom stereocenters. The first-order valence-corrected chi connectivity index (χ1v) is 9.03. The smallest absolute Gasteiger partial charge is 0.411 e. The first kappa shape index (κ1) is 22.7. The Morgan fingerprint density at radius 1 is 1.27 bits per heavy atom. The molecule has 0 bridgehead atoms. The third kappa shape index (κ3) is 6.51. The third-order valence-electron chi connectivity index (χ3n) is 3.12. The van der Waals surface area contributed by atoms with Gasteiger partial charge in [-0.05, 0) is 32.0 Å². The number of ether oxygens (including phenoxy) is 2. The number of hydrogen-bond acceptors (Lipinski definition) is 8. The molecule has 156 valence electrons. The first-order chi connectivity index (χ1) is 14.2. The Balaban J connectivity index is 2.15. The fourth-order valence-corrected chi connectivity index (χ4v) is 2.55. The number of hydrogen-bond donors (Lipinski definition) is 3. The van der Waals surface area contributed by atoms with E-state index in [1.165, 1.54) is 29.7 Å². The molecular formula is C18H15Cl2N5O5. The van der Waals surface area contributed by atoms with Gasteiger partial charge in [-0.2, -0.15) is 10.4 Å². The number of benzene rings is 1. The number of rotatable bonds is 7. The normalized spacial score (nSPS) is 10.9. The molecule has 0 spiro atoms. The second-order valence-electron chi connectivity index (χ2n) is 5.81. The third-order valence-corrected chi connectivity index (χ3v) is 3.68. The molecule has 0 aliphatic carbocycles. The zero-order chi connectivity index (χ0) is 22.3. The van der Waals surface area contributed by atoms with Gasteiger partial charge in [0.05, 0.1) is 28.0 Å². The number of pyridine rings is 1. The number of imide groups is 1. The minimum atomic E-state index is -1.62. The zero-order valence-electron chi connectivity index (χ0n) is 15.6. The minimum absolute atomic E-state index is 0.0207. The molecule has 2 amide bonds. The van der Waals surface area contributed by atoms with E-state index >= 15 is 0 Å². The number of aromatic nitrogens is 1. The van der Waals surface area contributed by atoms with E-state index in [4.69, 9.17) is 43.0 Å². The quantitative estimate of drug-likeness (QED) is 0.421. The maximum absolute atomic E-state index is 11.5. The number of halogens is 2. The van der Waals surface area contributed by atoms with Gasteiger partial charge in [-0.15, -0.1) is 0 Å². The van der Waals surface area contributed by atoms with Crippen molar-refractivity contribution in [3.05, 3.63) is 40.5 Å². The average Bonchev–Trinajstić information content (AvgIpc) is 2.65. The highest BCUT2D eigenvalue weighted by molar-refractivity contribution is 6.46. The molecule has 2 rings (SSSR count). The average molecular weight is 452 g/mol. The summed E-state index contributed by atoms with van der Waals surface area (Å²) in [6, 6.07) is 7.51. The van der Waals surface area contributed by atoms with Crippen LogP contribution in [0.4, 0.5) is 10.5 Å². The summed E-state index contributed by atoms with van der Waals surface area (Å²) in [6.07, 6.45) is -0.192. The molecule has 0 aliphatic rings. The number of amides is 2. The fraction of sp³-hybridized carbons (Fsp3) is 0.167. The van der Waals surface area contributed by atoms with Crippen LogP contribution >= 0.6 is 23.2 Å². The van der Waals surface area contributed by atoms with E-state index in [9.17, 15) is 9.59 Å². The van der Waals surface area contributed by atoms with Crippen LogP contribution in [0.25, 0.3) is 0 Å². The van der Waals surface area contributed by atoms with Crippen LogP contribution in [0.15, 0.2) is 35.6 Å². The van der Waals surface area contributed by atoms with Gasteiger partial charge in [-0.25, -0.2) is 9.78 Å². The number of nitrogens with one attached hydrogen (secondary N) is 2. The van der Waals surface area contributed by atoms with Gasteiger partial charge in [0.25, 0.3) is 5.91 Å². The van der Waals surface area contributed by atoms with E-state index < -0.39 is 17.7 Å². The van der Waals surface area contributed by atoms with Crippen molar-refractivity contribution in [2.45, 2.75) is 20.0 Å². The molecule has 10 nitrogen and oxygen atoms in total. The van der Waals surface area contributed by atoms with E-state index in [2.05, 4.69) is 15.5 Å². The molecular weight excluding hydrogens is 437 g/mol. The van der Waals surface area contributed by atoms with Gasteiger partial charge in [0.2, 0.25) is 11.6 Å². The van der Waals surface area contributed by atoms with Gasteiger partial charge in [0.15, 0.2) is 5.75 Å². The summed E-state index contributed by atoms with van der Waals surface area (Å²) in [5.41, 5.74) is 1.93. The Morgan fingerprint density at radius 2 is 1.93 bits per heavy atom. The summed E-state index contributed by atoms with van der Waals surface area (Å²) in [5, 5.41) is 22.7. The van der Waals surface area contributed by atoms with Crippen LogP contribution in [-0.2, 0) is 4.79 Å². The maximum atomic E-state index is 11.5. The molecule has 0 saturated carbocycles. The predicted molar refractivity (Wildman–Crippen MR) is 109 cm³/mol. The number of hydrazone groups is 1. The molecule has 1 aromatic carbocycles. The lowest BCUT2D eigenvalue weighted by atomic mass is 10.3. The van der Waals surface area contributed by atoms with Crippen LogP contribution < -0.4 is 20.2 Å². The Kier molecular flexibility index (Phi) is 7.80. The van der Waals surface area contributed by atoms with Gasteiger partial charge in [0.1, 0.15) is 11.8 Å². The van der Waals surface area contributed by atoms with Crippen molar-refractivity contribution in [2.24, 2.45) is 5.10 Å². The number of carboxylic acid groups (broad SMARTS) is 1. The van der Waals surface area contributed by atoms with Gasteiger partial charge >= 0.3 is 6.09 Å². The summed E-state index contributed by atoms with van der Waals surface area (Å²) in [6.45, 7) is 3.76. The number of nitriles is 1. The predicted octanol–water partition coefficient (Wildman–Crippen LogP) is 4.05. The standard InChI is InChI=1S/C18H15Cl2N5O5/c1-9(2)29-15-4-3-11(8-22-15)30-16-12(19)5-10(6-13(16)20)24-25-14(7-21)17(26)23-18(27)28/h3-6,8-9,24H,1-2H3,(H,23,26)(H,27,28). The van der Waals surface area contributed by atoms with Crippen molar-refractivity contribution in [1.82, 2.24) is 10.3 Å². The highest BCUT2D eigenvalue weighted by atomic mass is 35.5. The van der Waals surface area contributed by atoms with E-state index in [1.807, 2.05) is 13.8 Å². The second-order valence-corrected chi connectivity index (χ2v) is 6.63. The SMILES string of the molecule is CC(C)Oc1ccc(Oc2c(Cl)cc(NN=C(C#N)C(=O)NC(=O)O)cc2Cl)cn1. The van der Waals surface area contributed by atoms with E-state index in [1.54, 1.807) is 12.1 Å². The van der Waals surface area contributed by atoms with Crippen molar-refractivity contribution in [3.63, 3.8) is 0 Å². The molecule has 0 atom stereocenters. The molecule has 30 heavy (non-hydrogen) atoms. The van der Waals surface area contributed by atoms with Gasteiger partial charge in [-0.3, -0.25) is 15.5 Å².